The van der Waals surface area contributed by atoms with Gasteiger partial charge in [-0.3, -0.25) is 0 Å². The molecule has 0 aliphatic heterocycles. The minimum absolute atomic E-state index is 0.605. The number of aromatic nitrogens is 1. The van der Waals surface area contributed by atoms with Crippen molar-refractivity contribution in [2.75, 3.05) is 0 Å². The third-order valence-corrected chi connectivity index (χ3v) is 4.56. The molecule has 0 saturated carbocycles. The molecule has 1 nitrogen and oxygen atoms in total. The van der Waals surface area contributed by atoms with Gasteiger partial charge < -0.3 is 4.57 Å². The van der Waals surface area contributed by atoms with Gasteiger partial charge in [-0.1, -0.05) is 18.1 Å². The van der Waals surface area contributed by atoms with Gasteiger partial charge in [-0.05, 0) is 35.0 Å². The fourth-order valence-electron chi connectivity index (χ4n) is 2.01. The molecule has 3 heteroatoms. The van der Waals surface area contributed by atoms with Crippen molar-refractivity contribution in [2.24, 2.45) is 0 Å². The van der Waals surface area contributed by atoms with Gasteiger partial charge >= 0.3 is 0 Å². The molecule has 0 saturated heterocycles. The highest BCUT2D eigenvalue weighted by Crippen LogP contribution is 2.33. The summed E-state index contributed by atoms with van der Waals surface area (Å²) in [6, 6.07) is 12.7. The molecule has 3 rings (SSSR count). The highest BCUT2D eigenvalue weighted by molar-refractivity contribution is 7.14. The number of nitrogens with zero attached hydrogens (tertiary/aromatic N) is 1. The van der Waals surface area contributed by atoms with Gasteiger partial charge in [0.1, 0.15) is 0 Å². The topological polar surface area (TPSA) is 4.93 Å². The van der Waals surface area contributed by atoms with Crippen LogP contribution in [0.2, 0.25) is 0 Å². The van der Waals surface area contributed by atoms with Crippen molar-refractivity contribution in [3.8, 4) is 33.5 Å². The number of hydrogen-bond donors (Lipinski definition) is 0. The average Bonchev–Trinajstić information content (AvgIpc) is 3.10. The summed E-state index contributed by atoms with van der Waals surface area (Å²) in [5.74, 6) is 2.75. The minimum atomic E-state index is 0.605. The maximum Gasteiger partial charge on any atom is 0.0841 e. The first-order valence-corrected chi connectivity index (χ1v) is 7.37. The van der Waals surface area contributed by atoms with Crippen LogP contribution < -0.4 is 0 Å². The summed E-state index contributed by atoms with van der Waals surface area (Å²) in [5.41, 5.74) is 2.40. The smallest absolute Gasteiger partial charge is 0.0841 e. The summed E-state index contributed by atoms with van der Waals surface area (Å²) in [6.45, 7) is 0.605. The Morgan fingerprint density at radius 1 is 0.944 bits per heavy atom. The summed E-state index contributed by atoms with van der Waals surface area (Å²) in [6.07, 6.45) is 5.50. The average molecular weight is 269 g/mol. The quantitative estimate of drug-likeness (QED) is 0.613. The minimum Gasteiger partial charge on any atom is -0.327 e. The first kappa shape index (κ1) is 11.3. The number of rotatable bonds is 3. The molecule has 0 fully saturated rings. The Morgan fingerprint density at radius 2 is 1.50 bits per heavy atom. The zero-order valence-electron chi connectivity index (χ0n) is 9.67. The summed E-state index contributed by atoms with van der Waals surface area (Å²) < 4.78 is 2.21. The summed E-state index contributed by atoms with van der Waals surface area (Å²) >= 11 is 3.48. The highest BCUT2D eigenvalue weighted by atomic mass is 32.1. The Morgan fingerprint density at radius 3 is 1.89 bits per heavy atom. The predicted octanol–water partition coefficient (Wildman–Crippen LogP) is 4.58. The second-order valence-corrected chi connectivity index (χ2v) is 5.74. The van der Waals surface area contributed by atoms with Gasteiger partial charge in [0.2, 0.25) is 0 Å². The maximum absolute atomic E-state index is 5.50. The molecule has 0 N–H and O–H groups in total. The van der Waals surface area contributed by atoms with Gasteiger partial charge in [-0.25, -0.2) is 0 Å². The zero-order chi connectivity index (χ0) is 12.4. The Kier molecular flexibility index (Phi) is 3.06. The van der Waals surface area contributed by atoms with E-state index in [1.54, 1.807) is 22.7 Å². The first-order chi connectivity index (χ1) is 8.90. The van der Waals surface area contributed by atoms with Crippen LogP contribution in [0.25, 0.3) is 21.1 Å². The largest absolute Gasteiger partial charge is 0.327 e. The van der Waals surface area contributed by atoms with E-state index in [2.05, 4.69) is 57.6 Å². The summed E-state index contributed by atoms with van der Waals surface area (Å²) in [4.78, 5) is 2.51. The van der Waals surface area contributed by atoms with Crippen molar-refractivity contribution in [1.29, 1.82) is 0 Å². The third-order valence-electron chi connectivity index (χ3n) is 2.78. The molecule has 3 aromatic rings. The molecule has 0 radical (unpaired) electrons. The lowest BCUT2D eigenvalue weighted by Gasteiger charge is -2.08. The van der Waals surface area contributed by atoms with Crippen LogP contribution in [0.15, 0.2) is 47.2 Å². The molecular formula is C15H11NS2. The van der Waals surface area contributed by atoms with E-state index in [1.807, 2.05) is 0 Å². The monoisotopic (exact) mass is 269 g/mol. The Hall–Kier alpha value is -1.76. The van der Waals surface area contributed by atoms with Gasteiger partial charge in [0, 0.05) is 0 Å². The van der Waals surface area contributed by atoms with Crippen LogP contribution in [0.4, 0.5) is 0 Å². The Labute approximate surface area is 114 Å². The van der Waals surface area contributed by atoms with Crippen molar-refractivity contribution in [1.82, 2.24) is 4.57 Å². The molecule has 0 aliphatic carbocycles. The number of terminal acetylenes is 1. The van der Waals surface area contributed by atoms with E-state index in [9.17, 15) is 0 Å². The lowest BCUT2D eigenvalue weighted by molar-refractivity contribution is 0.872. The molecule has 0 unspecified atom stereocenters. The highest BCUT2D eigenvalue weighted by Gasteiger charge is 2.11. The predicted molar refractivity (Wildman–Crippen MR) is 79.9 cm³/mol. The molecule has 88 valence electrons. The van der Waals surface area contributed by atoms with Crippen molar-refractivity contribution in [3.63, 3.8) is 0 Å². The number of thiophene rings is 2. The molecule has 0 aromatic carbocycles. The van der Waals surface area contributed by atoms with Crippen molar-refractivity contribution < 1.29 is 0 Å². The van der Waals surface area contributed by atoms with Crippen LogP contribution in [-0.2, 0) is 6.54 Å². The van der Waals surface area contributed by atoms with Crippen LogP contribution in [0.1, 0.15) is 0 Å². The summed E-state index contributed by atoms with van der Waals surface area (Å²) in [7, 11) is 0. The standard InChI is InChI=1S/C15H11NS2/c1-2-9-16-12(14-5-3-10-17-14)7-8-13(16)15-6-4-11-18-15/h1,3-8,10-11H,9H2. The SMILES string of the molecule is C#CCn1c(-c2cccs2)ccc1-c1cccs1. The van der Waals surface area contributed by atoms with E-state index in [4.69, 9.17) is 6.42 Å². The second-order valence-electron chi connectivity index (χ2n) is 3.85. The van der Waals surface area contributed by atoms with E-state index in [0.717, 1.165) is 0 Å². The molecule has 3 heterocycles. The fraction of sp³-hybridized carbons (Fsp3) is 0.0667. The molecule has 3 aromatic heterocycles. The molecular weight excluding hydrogens is 258 g/mol. The lowest BCUT2D eigenvalue weighted by Crippen LogP contribution is -1.98. The first-order valence-electron chi connectivity index (χ1n) is 5.61. The third kappa shape index (κ3) is 1.90. The van der Waals surface area contributed by atoms with Gasteiger partial charge in [-0.15, -0.1) is 29.1 Å². The molecule has 0 spiro atoms. The molecule has 0 aliphatic rings. The second kappa shape index (κ2) is 4.85. The Bertz CT molecular complexity index is 615. The van der Waals surface area contributed by atoms with Crippen molar-refractivity contribution >= 4 is 22.7 Å². The Balaban J connectivity index is 2.15. The van der Waals surface area contributed by atoms with E-state index in [1.165, 1.54) is 21.1 Å². The van der Waals surface area contributed by atoms with Crippen LogP contribution in [0.5, 0.6) is 0 Å². The van der Waals surface area contributed by atoms with Crippen LogP contribution in [0.3, 0.4) is 0 Å². The van der Waals surface area contributed by atoms with Crippen molar-refractivity contribution in [2.45, 2.75) is 6.54 Å². The molecule has 18 heavy (non-hydrogen) atoms. The van der Waals surface area contributed by atoms with Gasteiger partial charge in [0.05, 0.1) is 27.7 Å². The molecule has 0 bridgehead atoms. The van der Waals surface area contributed by atoms with Gasteiger partial charge in [0.15, 0.2) is 0 Å². The zero-order valence-corrected chi connectivity index (χ0v) is 11.3. The fourth-order valence-corrected chi connectivity index (χ4v) is 3.53. The molecule has 0 atom stereocenters. The van der Waals surface area contributed by atoms with Gasteiger partial charge in [0.25, 0.3) is 0 Å². The normalized spacial score (nSPS) is 10.4. The van der Waals surface area contributed by atoms with E-state index in [-0.39, 0.29) is 0 Å². The van der Waals surface area contributed by atoms with E-state index < -0.39 is 0 Å². The van der Waals surface area contributed by atoms with E-state index >= 15 is 0 Å². The van der Waals surface area contributed by atoms with E-state index in [0.29, 0.717) is 6.54 Å². The maximum atomic E-state index is 5.50. The van der Waals surface area contributed by atoms with Gasteiger partial charge in [-0.2, -0.15) is 0 Å². The summed E-state index contributed by atoms with van der Waals surface area (Å²) in [5, 5.41) is 4.18. The van der Waals surface area contributed by atoms with Crippen LogP contribution in [-0.4, -0.2) is 4.57 Å². The van der Waals surface area contributed by atoms with Crippen LogP contribution in [0, 0.1) is 12.3 Å². The molecule has 0 amide bonds. The van der Waals surface area contributed by atoms with Crippen LogP contribution >= 0.6 is 22.7 Å². The lowest BCUT2D eigenvalue weighted by atomic mass is 10.3. The van der Waals surface area contributed by atoms with Crippen molar-refractivity contribution in [3.05, 3.63) is 47.2 Å². The number of hydrogen-bond acceptors (Lipinski definition) is 2.